The summed E-state index contributed by atoms with van der Waals surface area (Å²) in [4.78, 5) is 13.3. The maximum atomic E-state index is 13.3. The van der Waals surface area contributed by atoms with Gasteiger partial charge in [0, 0.05) is 18.1 Å². The van der Waals surface area contributed by atoms with Crippen molar-refractivity contribution in [3.05, 3.63) is 65.6 Å². The van der Waals surface area contributed by atoms with E-state index in [0.717, 1.165) is 11.1 Å². The molecule has 0 fully saturated rings. The lowest BCUT2D eigenvalue weighted by atomic mass is 9.97. The Hall–Kier alpha value is -4.14. The van der Waals surface area contributed by atoms with Crippen molar-refractivity contribution in [2.24, 2.45) is 5.10 Å². The van der Waals surface area contributed by atoms with E-state index in [2.05, 4.69) is 0 Å². The van der Waals surface area contributed by atoms with Crippen molar-refractivity contribution in [1.82, 2.24) is 5.01 Å². The molecule has 0 aliphatic carbocycles. The molecule has 0 saturated heterocycles. The molecule has 34 heavy (non-hydrogen) atoms. The van der Waals surface area contributed by atoms with Crippen molar-refractivity contribution in [3.63, 3.8) is 0 Å². The van der Waals surface area contributed by atoms with E-state index in [1.165, 1.54) is 11.3 Å². The third kappa shape index (κ3) is 4.12. The second-order valence-corrected chi connectivity index (χ2v) is 7.42. The van der Waals surface area contributed by atoms with Gasteiger partial charge in [0.1, 0.15) is 11.5 Å². The zero-order valence-electron chi connectivity index (χ0n) is 19.7. The van der Waals surface area contributed by atoms with E-state index < -0.39 is 6.04 Å². The van der Waals surface area contributed by atoms with Crippen LogP contribution in [0.3, 0.4) is 0 Å². The fraction of sp³-hybridized carbons (Fsp3) is 0.280. The van der Waals surface area contributed by atoms with Crippen LogP contribution in [0, 0.1) is 0 Å². The lowest BCUT2D eigenvalue weighted by Gasteiger charge is -2.23. The third-order valence-electron chi connectivity index (χ3n) is 5.64. The summed E-state index contributed by atoms with van der Waals surface area (Å²) in [5.74, 6) is 2.50. The SMILES string of the molecule is COc1ccc(C2=NN(C(=O)c3ccco3)[C@@H](c3cc(OC)c(OC)c(OC)c3)C2)c(OC)c1. The van der Waals surface area contributed by atoms with Gasteiger partial charge in [-0.25, -0.2) is 5.01 Å². The van der Waals surface area contributed by atoms with Gasteiger partial charge in [-0.05, 0) is 42.0 Å². The molecular weight excluding hydrogens is 440 g/mol. The summed E-state index contributed by atoms with van der Waals surface area (Å²) in [6.45, 7) is 0. The topological polar surface area (TPSA) is 92.0 Å². The van der Waals surface area contributed by atoms with Gasteiger partial charge >= 0.3 is 5.91 Å². The highest BCUT2D eigenvalue weighted by Gasteiger charge is 2.36. The van der Waals surface area contributed by atoms with Crippen LogP contribution >= 0.6 is 0 Å². The highest BCUT2D eigenvalue weighted by molar-refractivity contribution is 6.06. The number of hydrogen-bond donors (Lipinski definition) is 0. The Morgan fingerprint density at radius 2 is 1.62 bits per heavy atom. The van der Waals surface area contributed by atoms with Crippen molar-refractivity contribution >= 4 is 11.6 Å². The fourth-order valence-corrected chi connectivity index (χ4v) is 3.96. The van der Waals surface area contributed by atoms with Crippen LogP contribution in [-0.4, -0.2) is 52.2 Å². The van der Waals surface area contributed by atoms with Crippen molar-refractivity contribution in [3.8, 4) is 28.7 Å². The number of nitrogens with zero attached hydrogens (tertiary/aromatic N) is 2. The first kappa shape index (κ1) is 23.0. The number of hydrazone groups is 1. The molecule has 0 unspecified atom stereocenters. The first-order valence-electron chi connectivity index (χ1n) is 10.5. The zero-order valence-corrected chi connectivity index (χ0v) is 19.7. The largest absolute Gasteiger partial charge is 0.497 e. The Balaban J connectivity index is 1.81. The summed E-state index contributed by atoms with van der Waals surface area (Å²) in [6.07, 6.45) is 1.88. The predicted molar refractivity (Wildman–Crippen MR) is 124 cm³/mol. The van der Waals surface area contributed by atoms with Crippen LogP contribution in [0.1, 0.15) is 34.1 Å². The smallest absolute Gasteiger partial charge is 0.310 e. The van der Waals surface area contributed by atoms with Gasteiger partial charge in [0.15, 0.2) is 17.3 Å². The van der Waals surface area contributed by atoms with Gasteiger partial charge in [-0.2, -0.15) is 5.10 Å². The second-order valence-electron chi connectivity index (χ2n) is 7.42. The van der Waals surface area contributed by atoms with Gasteiger partial charge in [-0.1, -0.05) is 0 Å². The Morgan fingerprint density at radius 1 is 0.912 bits per heavy atom. The number of hydrogen-bond acceptors (Lipinski definition) is 8. The summed E-state index contributed by atoms with van der Waals surface area (Å²) in [7, 11) is 7.80. The molecule has 178 valence electrons. The highest BCUT2D eigenvalue weighted by atomic mass is 16.5. The van der Waals surface area contributed by atoms with Gasteiger partial charge in [0.25, 0.3) is 0 Å². The number of carbonyl (C=O) groups is 1. The lowest BCUT2D eigenvalue weighted by Crippen LogP contribution is -2.26. The van der Waals surface area contributed by atoms with Crippen molar-refractivity contribution in [2.45, 2.75) is 12.5 Å². The number of rotatable bonds is 8. The van der Waals surface area contributed by atoms with E-state index in [1.807, 2.05) is 24.3 Å². The van der Waals surface area contributed by atoms with E-state index in [4.69, 9.17) is 33.2 Å². The number of amides is 1. The summed E-state index contributed by atoms with van der Waals surface area (Å²) >= 11 is 0. The highest BCUT2D eigenvalue weighted by Crippen LogP contribution is 2.44. The standard InChI is InChI=1S/C25H26N2O7/c1-29-16-8-9-17(21(13-16)30-2)18-14-19(27(26-18)25(28)20-7-6-10-34-20)15-11-22(31-3)24(33-5)23(12-15)32-4/h6-13,19H,14H2,1-5H3/t19-/m1/s1. The fourth-order valence-electron chi connectivity index (χ4n) is 3.96. The molecule has 0 spiro atoms. The average molecular weight is 466 g/mol. The first-order valence-corrected chi connectivity index (χ1v) is 10.5. The Kier molecular flexibility index (Phi) is 6.62. The maximum Gasteiger partial charge on any atom is 0.310 e. The number of furan rings is 1. The number of methoxy groups -OCH3 is 5. The molecule has 2 heterocycles. The first-order chi connectivity index (χ1) is 16.5. The van der Waals surface area contributed by atoms with E-state index >= 15 is 0 Å². The Labute approximate surface area is 197 Å². The van der Waals surface area contributed by atoms with Gasteiger partial charge < -0.3 is 28.1 Å². The second kappa shape index (κ2) is 9.78. The molecule has 4 rings (SSSR count). The molecule has 0 bridgehead atoms. The van der Waals surface area contributed by atoms with E-state index in [9.17, 15) is 4.79 Å². The molecule has 1 amide bonds. The average Bonchev–Trinajstić information content (AvgIpc) is 3.57. The molecule has 1 aliphatic rings. The summed E-state index contributed by atoms with van der Waals surface area (Å²) in [5, 5.41) is 6.11. The van der Waals surface area contributed by atoms with Crippen LogP contribution in [0.25, 0.3) is 0 Å². The normalized spacial score (nSPS) is 15.0. The van der Waals surface area contributed by atoms with Gasteiger partial charge in [0.05, 0.1) is 53.6 Å². The number of benzene rings is 2. The van der Waals surface area contributed by atoms with Crippen LogP contribution in [0.4, 0.5) is 0 Å². The molecule has 1 atom stereocenters. The third-order valence-corrected chi connectivity index (χ3v) is 5.64. The molecule has 0 radical (unpaired) electrons. The van der Waals surface area contributed by atoms with Crippen LogP contribution in [0.5, 0.6) is 28.7 Å². The van der Waals surface area contributed by atoms with E-state index in [1.54, 1.807) is 53.7 Å². The molecule has 9 heteroatoms. The molecule has 1 aliphatic heterocycles. The number of carbonyl (C=O) groups excluding carboxylic acids is 1. The minimum Gasteiger partial charge on any atom is -0.497 e. The number of ether oxygens (including phenoxy) is 5. The Bertz CT molecular complexity index is 1180. The Morgan fingerprint density at radius 3 is 2.18 bits per heavy atom. The van der Waals surface area contributed by atoms with Gasteiger partial charge in [-0.3, -0.25) is 4.79 Å². The van der Waals surface area contributed by atoms with Gasteiger partial charge in [-0.15, -0.1) is 0 Å². The predicted octanol–water partition coefficient (Wildman–Crippen LogP) is 4.31. The minimum atomic E-state index is -0.451. The van der Waals surface area contributed by atoms with Crippen LogP contribution in [0.15, 0.2) is 58.2 Å². The van der Waals surface area contributed by atoms with Crippen molar-refractivity contribution in [2.75, 3.05) is 35.5 Å². The minimum absolute atomic E-state index is 0.184. The lowest BCUT2D eigenvalue weighted by molar-refractivity contribution is 0.0678. The van der Waals surface area contributed by atoms with E-state index in [0.29, 0.717) is 40.9 Å². The van der Waals surface area contributed by atoms with Crippen molar-refractivity contribution < 1.29 is 32.9 Å². The van der Waals surface area contributed by atoms with Crippen LogP contribution < -0.4 is 23.7 Å². The maximum absolute atomic E-state index is 13.3. The van der Waals surface area contributed by atoms with Gasteiger partial charge in [0.2, 0.25) is 5.75 Å². The zero-order chi connectivity index (χ0) is 24.2. The summed E-state index contributed by atoms with van der Waals surface area (Å²) in [6, 6.07) is 11.9. The van der Waals surface area contributed by atoms with E-state index in [-0.39, 0.29) is 11.7 Å². The molecule has 0 saturated carbocycles. The van der Waals surface area contributed by atoms with Crippen LogP contribution in [0.2, 0.25) is 0 Å². The molecule has 2 aromatic carbocycles. The van der Waals surface area contributed by atoms with Crippen LogP contribution in [-0.2, 0) is 0 Å². The molecule has 3 aromatic rings. The summed E-state index contributed by atoms with van der Waals surface area (Å²) in [5.41, 5.74) is 2.20. The monoisotopic (exact) mass is 466 g/mol. The molecule has 0 N–H and O–H groups in total. The summed E-state index contributed by atoms with van der Waals surface area (Å²) < 4.78 is 32.7. The quantitative estimate of drug-likeness (QED) is 0.488. The molecular formula is C25H26N2O7. The van der Waals surface area contributed by atoms with Crippen molar-refractivity contribution in [1.29, 1.82) is 0 Å². The molecule has 1 aromatic heterocycles. The molecule has 9 nitrogen and oxygen atoms in total.